The number of rotatable bonds is 7. The standard InChI is InChI=1S/C14H21Br2NO2S/c1-4-5-6-7-11(3)17-20(18,19)14-9-12(15)10(2)8-13(14)16/h8-9,11,17H,4-7H2,1-3H3. The third-order valence-electron chi connectivity index (χ3n) is 3.10. The van der Waals surface area contributed by atoms with Crippen LogP contribution < -0.4 is 4.72 Å². The van der Waals surface area contributed by atoms with E-state index >= 15 is 0 Å². The molecule has 20 heavy (non-hydrogen) atoms. The summed E-state index contributed by atoms with van der Waals surface area (Å²) in [5, 5.41) is 0. The molecule has 114 valence electrons. The van der Waals surface area contributed by atoms with Crippen LogP contribution in [0.1, 0.15) is 45.1 Å². The lowest BCUT2D eigenvalue weighted by Gasteiger charge is -2.15. The molecule has 1 rings (SSSR count). The number of hydrogen-bond acceptors (Lipinski definition) is 2. The fraction of sp³-hybridized carbons (Fsp3) is 0.571. The van der Waals surface area contributed by atoms with Gasteiger partial charge in [-0.1, -0.05) is 42.1 Å². The Labute approximate surface area is 138 Å². The number of halogens is 2. The molecule has 0 heterocycles. The lowest BCUT2D eigenvalue weighted by Crippen LogP contribution is -2.32. The van der Waals surface area contributed by atoms with Crippen LogP contribution >= 0.6 is 31.9 Å². The molecular weight excluding hydrogens is 406 g/mol. The van der Waals surface area contributed by atoms with Crippen molar-refractivity contribution in [1.82, 2.24) is 4.72 Å². The molecule has 1 aromatic rings. The van der Waals surface area contributed by atoms with Gasteiger partial charge in [0, 0.05) is 15.0 Å². The van der Waals surface area contributed by atoms with Crippen molar-refractivity contribution in [3.05, 3.63) is 26.6 Å². The fourth-order valence-corrected chi connectivity index (χ4v) is 4.88. The molecule has 3 nitrogen and oxygen atoms in total. The van der Waals surface area contributed by atoms with E-state index in [0.717, 1.165) is 35.7 Å². The largest absolute Gasteiger partial charge is 0.241 e. The number of unbranched alkanes of at least 4 members (excludes halogenated alkanes) is 2. The average molecular weight is 427 g/mol. The van der Waals surface area contributed by atoms with E-state index in [0.29, 0.717) is 4.47 Å². The van der Waals surface area contributed by atoms with Crippen LogP contribution in [-0.2, 0) is 10.0 Å². The van der Waals surface area contributed by atoms with Crippen molar-refractivity contribution in [2.75, 3.05) is 0 Å². The second-order valence-electron chi connectivity index (χ2n) is 5.05. The maximum atomic E-state index is 12.4. The summed E-state index contributed by atoms with van der Waals surface area (Å²) in [6, 6.07) is 3.39. The third kappa shape index (κ3) is 5.13. The van der Waals surface area contributed by atoms with Crippen molar-refractivity contribution in [3.8, 4) is 0 Å². The van der Waals surface area contributed by atoms with Gasteiger partial charge in [0.1, 0.15) is 0 Å². The highest BCUT2D eigenvalue weighted by molar-refractivity contribution is 9.11. The number of aryl methyl sites for hydroxylation is 1. The smallest absolute Gasteiger partial charge is 0.208 e. The van der Waals surface area contributed by atoms with Gasteiger partial charge in [-0.15, -0.1) is 0 Å². The highest BCUT2D eigenvalue weighted by Crippen LogP contribution is 2.29. The maximum Gasteiger partial charge on any atom is 0.241 e. The van der Waals surface area contributed by atoms with Crippen molar-refractivity contribution in [2.24, 2.45) is 0 Å². The van der Waals surface area contributed by atoms with E-state index in [9.17, 15) is 8.42 Å². The van der Waals surface area contributed by atoms with Crippen LogP contribution in [0, 0.1) is 6.92 Å². The minimum atomic E-state index is -3.49. The molecule has 0 amide bonds. The predicted molar refractivity (Wildman–Crippen MR) is 90.5 cm³/mol. The first-order valence-corrected chi connectivity index (χ1v) is 9.82. The molecule has 1 N–H and O–H groups in total. The van der Waals surface area contributed by atoms with Crippen molar-refractivity contribution < 1.29 is 8.42 Å². The molecule has 0 saturated heterocycles. The highest BCUT2D eigenvalue weighted by Gasteiger charge is 2.21. The van der Waals surface area contributed by atoms with Crippen molar-refractivity contribution >= 4 is 41.9 Å². The summed E-state index contributed by atoms with van der Waals surface area (Å²) in [4.78, 5) is 0.275. The number of hydrogen-bond donors (Lipinski definition) is 1. The SMILES string of the molecule is CCCCCC(C)NS(=O)(=O)c1cc(Br)c(C)cc1Br. The van der Waals surface area contributed by atoms with Gasteiger partial charge >= 0.3 is 0 Å². The Hall–Kier alpha value is 0.0900. The van der Waals surface area contributed by atoms with Gasteiger partial charge in [0.05, 0.1) is 4.90 Å². The van der Waals surface area contributed by atoms with E-state index < -0.39 is 10.0 Å². The van der Waals surface area contributed by atoms with Crippen molar-refractivity contribution in [3.63, 3.8) is 0 Å². The number of benzene rings is 1. The zero-order valence-corrected chi connectivity index (χ0v) is 16.0. The van der Waals surface area contributed by atoms with Crippen LogP contribution in [-0.4, -0.2) is 14.5 Å². The molecule has 1 atom stereocenters. The lowest BCUT2D eigenvalue weighted by atomic mass is 10.1. The first-order valence-electron chi connectivity index (χ1n) is 6.76. The molecule has 1 aromatic carbocycles. The van der Waals surface area contributed by atoms with Crippen LogP contribution in [0.2, 0.25) is 0 Å². The van der Waals surface area contributed by atoms with Crippen LogP contribution in [0.25, 0.3) is 0 Å². The minimum absolute atomic E-state index is 0.0569. The van der Waals surface area contributed by atoms with E-state index in [-0.39, 0.29) is 10.9 Å². The molecule has 0 saturated carbocycles. The molecule has 1 unspecified atom stereocenters. The van der Waals surface area contributed by atoms with E-state index in [1.807, 2.05) is 13.8 Å². The first kappa shape index (κ1) is 18.1. The molecule has 0 aliphatic heterocycles. The number of nitrogens with one attached hydrogen (secondary N) is 1. The van der Waals surface area contributed by atoms with E-state index in [4.69, 9.17) is 0 Å². The molecular formula is C14H21Br2NO2S. The van der Waals surface area contributed by atoms with E-state index in [2.05, 4.69) is 43.5 Å². The Bertz CT molecular complexity index is 559. The molecule has 0 aliphatic rings. The molecule has 0 aromatic heterocycles. The van der Waals surface area contributed by atoms with Crippen LogP contribution in [0.15, 0.2) is 26.0 Å². The molecule has 0 spiro atoms. The third-order valence-corrected chi connectivity index (χ3v) is 6.50. The van der Waals surface area contributed by atoms with Gasteiger partial charge in [0.2, 0.25) is 10.0 Å². The van der Waals surface area contributed by atoms with Crippen molar-refractivity contribution in [2.45, 2.75) is 57.4 Å². The Morgan fingerprint density at radius 1 is 1.20 bits per heavy atom. The Morgan fingerprint density at radius 3 is 2.45 bits per heavy atom. The molecule has 6 heteroatoms. The first-order chi connectivity index (χ1) is 9.27. The summed E-state index contributed by atoms with van der Waals surface area (Å²) in [6.45, 7) is 5.96. The van der Waals surface area contributed by atoms with Crippen molar-refractivity contribution in [1.29, 1.82) is 0 Å². The fourth-order valence-electron chi connectivity index (χ4n) is 1.92. The molecule has 0 radical (unpaired) electrons. The summed E-state index contributed by atoms with van der Waals surface area (Å²) < 4.78 is 28.9. The second-order valence-corrected chi connectivity index (χ2v) is 8.44. The zero-order valence-electron chi connectivity index (χ0n) is 12.0. The maximum absolute atomic E-state index is 12.4. The van der Waals surface area contributed by atoms with Gasteiger partial charge in [0.25, 0.3) is 0 Å². The quantitative estimate of drug-likeness (QED) is 0.638. The van der Waals surface area contributed by atoms with Gasteiger partial charge in [-0.3, -0.25) is 0 Å². The van der Waals surface area contributed by atoms with Gasteiger partial charge in [-0.25, -0.2) is 13.1 Å². The summed E-state index contributed by atoms with van der Waals surface area (Å²) in [7, 11) is -3.49. The Morgan fingerprint density at radius 2 is 1.85 bits per heavy atom. The highest BCUT2D eigenvalue weighted by atomic mass is 79.9. The Kier molecular flexibility index (Phi) is 7.18. The summed E-state index contributed by atoms with van der Waals surface area (Å²) in [6.07, 6.45) is 4.17. The zero-order chi connectivity index (χ0) is 15.3. The summed E-state index contributed by atoms with van der Waals surface area (Å²) in [5.74, 6) is 0. The van der Waals surface area contributed by atoms with Crippen LogP contribution in [0.5, 0.6) is 0 Å². The minimum Gasteiger partial charge on any atom is -0.208 e. The summed E-state index contributed by atoms with van der Waals surface area (Å²) >= 11 is 6.71. The summed E-state index contributed by atoms with van der Waals surface area (Å²) in [5.41, 5.74) is 0.992. The monoisotopic (exact) mass is 425 g/mol. The molecule has 0 fully saturated rings. The van der Waals surface area contributed by atoms with E-state index in [1.54, 1.807) is 12.1 Å². The van der Waals surface area contributed by atoms with E-state index in [1.165, 1.54) is 0 Å². The predicted octanol–water partition coefficient (Wildman–Crippen LogP) is 4.77. The van der Waals surface area contributed by atoms with Gasteiger partial charge in [-0.2, -0.15) is 0 Å². The normalized spacial score (nSPS) is 13.4. The van der Waals surface area contributed by atoms with Crippen LogP contribution in [0.3, 0.4) is 0 Å². The average Bonchev–Trinajstić information content (AvgIpc) is 2.33. The van der Waals surface area contributed by atoms with Crippen LogP contribution in [0.4, 0.5) is 0 Å². The second kappa shape index (κ2) is 7.92. The number of sulfonamides is 1. The molecule has 0 bridgehead atoms. The van der Waals surface area contributed by atoms with Gasteiger partial charge in [0.15, 0.2) is 0 Å². The topological polar surface area (TPSA) is 46.2 Å². The molecule has 0 aliphatic carbocycles. The lowest BCUT2D eigenvalue weighted by molar-refractivity contribution is 0.527. The van der Waals surface area contributed by atoms with Gasteiger partial charge in [-0.05, 0) is 53.9 Å². The van der Waals surface area contributed by atoms with Gasteiger partial charge < -0.3 is 0 Å². The Balaban J connectivity index is 2.86.